The topological polar surface area (TPSA) is 81.1 Å². The minimum atomic E-state index is -1.03. The van der Waals surface area contributed by atoms with E-state index in [0.29, 0.717) is 37.5 Å². The first-order valence-corrected chi connectivity index (χ1v) is 11.9. The van der Waals surface area contributed by atoms with Crippen molar-refractivity contribution < 1.29 is 24.2 Å². The van der Waals surface area contributed by atoms with Gasteiger partial charge in [-0.25, -0.2) is 9.78 Å². The molecule has 1 N–H and O–H groups in total. The number of carbonyl (C=O) groups excluding carboxylic acids is 1. The molecule has 1 aromatic carbocycles. The van der Waals surface area contributed by atoms with E-state index in [2.05, 4.69) is 4.98 Å². The Kier molecular flexibility index (Phi) is 7.28. The van der Waals surface area contributed by atoms with E-state index < -0.39 is 17.4 Å². The van der Waals surface area contributed by atoms with Crippen LogP contribution in [0.3, 0.4) is 0 Å². The Hall–Kier alpha value is -1.81. The fourth-order valence-electron chi connectivity index (χ4n) is 2.95. The van der Waals surface area contributed by atoms with E-state index in [4.69, 9.17) is 14.3 Å². The van der Waals surface area contributed by atoms with Crippen LogP contribution in [0.5, 0.6) is 5.75 Å². The number of nitrogens with zero attached hydrogens (tertiary/aromatic N) is 2. The largest absolute Gasteiger partial charge is 0.528 e. The van der Waals surface area contributed by atoms with Crippen LogP contribution < -0.4 is 4.74 Å². The highest BCUT2D eigenvalue weighted by molar-refractivity contribution is 7.98. The van der Waals surface area contributed by atoms with Crippen molar-refractivity contribution in [3.63, 3.8) is 0 Å². The van der Waals surface area contributed by atoms with Crippen LogP contribution in [0.4, 0.5) is 4.79 Å². The highest BCUT2D eigenvalue weighted by Gasteiger charge is 2.38. The molecule has 0 aliphatic carbocycles. The molecular weight excluding hydrogens is 424 g/mol. The van der Waals surface area contributed by atoms with E-state index in [0.717, 1.165) is 11.4 Å². The van der Waals surface area contributed by atoms with Gasteiger partial charge in [-0.3, -0.25) is 0 Å². The van der Waals surface area contributed by atoms with Gasteiger partial charge in [0.2, 0.25) is 0 Å². The van der Waals surface area contributed by atoms with Crippen LogP contribution in [0, 0.1) is 0 Å². The quantitative estimate of drug-likeness (QED) is 0.503. The fourth-order valence-corrected chi connectivity index (χ4v) is 4.32. The second kappa shape index (κ2) is 9.55. The van der Waals surface area contributed by atoms with Crippen molar-refractivity contribution in [1.82, 2.24) is 10.0 Å². The molecule has 1 fully saturated rings. The van der Waals surface area contributed by atoms with E-state index in [1.807, 2.05) is 35.9 Å². The van der Waals surface area contributed by atoms with Gasteiger partial charge in [0.05, 0.1) is 5.69 Å². The average molecular weight is 453 g/mol. The highest BCUT2D eigenvalue weighted by Crippen LogP contribution is 2.35. The van der Waals surface area contributed by atoms with Gasteiger partial charge in [0.25, 0.3) is 0 Å². The Morgan fingerprint density at radius 3 is 2.53 bits per heavy atom. The molecule has 9 heteroatoms. The third-order valence-corrected chi connectivity index (χ3v) is 6.37. The molecule has 1 saturated heterocycles. The Morgan fingerprint density at radius 1 is 1.27 bits per heavy atom. The minimum absolute atomic E-state index is 0.346. The van der Waals surface area contributed by atoms with Crippen LogP contribution in [0.15, 0.2) is 34.5 Å². The summed E-state index contributed by atoms with van der Waals surface area (Å²) < 4.78 is 11.0. The molecule has 1 aliphatic rings. The maximum atomic E-state index is 11.8. The molecule has 30 heavy (non-hydrogen) atoms. The van der Waals surface area contributed by atoms with Crippen molar-refractivity contribution in [3.8, 4) is 5.75 Å². The van der Waals surface area contributed by atoms with Crippen LogP contribution in [0.2, 0.25) is 0 Å². The number of hydrogen-bond donors (Lipinski definition) is 1. The van der Waals surface area contributed by atoms with Crippen LogP contribution in [0.1, 0.15) is 44.3 Å². The summed E-state index contributed by atoms with van der Waals surface area (Å²) in [6, 6.07) is 7.91. The molecule has 0 atom stereocenters. The van der Waals surface area contributed by atoms with Gasteiger partial charge in [-0.1, -0.05) is 0 Å². The van der Waals surface area contributed by atoms with Gasteiger partial charge in [-0.2, -0.15) is 0 Å². The molecular formula is C21H28N2O5S2. The van der Waals surface area contributed by atoms with Crippen molar-refractivity contribution in [2.24, 2.45) is 0 Å². The number of aliphatic hydroxyl groups is 1. The van der Waals surface area contributed by atoms with Gasteiger partial charge < -0.3 is 19.4 Å². The van der Waals surface area contributed by atoms with Gasteiger partial charge in [-0.15, -0.1) is 28.2 Å². The van der Waals surface area contributed by atoms with E-state index in [9.17, 15) is 9.90 Å². The monoisotopic (exact) mass is 452 g/mol. The predicted molar refractivity (Wildman–Crippen MR) is 117 cm³/mol. The zero-order chi connectivity index (χ0) is 21.8. The molecule has 0 unspecified atom stereocenters. The molecule has 0 saturated carbocycles. The molecule has 1 aromatic heterocycles. The second-order valence-corrected chi connectivity index (χ2v) is 9.86. The summed E-state index contributed by atoms with van der Waals surface area (Å²) in [4.78, 5) is 22.8. The third kappa shape index (κ3) is 6.34. The summed E-state index contributed by atoms with van der Waals surface area (Å²) >= 11 is 3.11. The minimum Gasteiger partial charge on any atom is -0.487 e. The van der Waals surface area contributed by atoms with Gasteiger partial charge >= 0.3 is 6.16 Å². The lowest BCUT2D eigenvalue weighted by molar-refractivity contribution is -0.177. The Bertz CT molecular complexity index is 840. The summed E-state index contributed by atoms with van der Waals surface area (Å²) in [5, 5.41) is 15.1. The van der Waals surface area contributed by atoms with Gasteiger partial charge in [-0.05, 0) is 64.1 Å². The Balaban J connectivity index is 1.50. The summed E-state index contributed by atoms with van der Waals surface area (Å²) in [7, 11) is 0. The summed E-state index contributed by atoms with van der Waals surface area (Å²) in [5.41, 5.74) is -0.856. The van der Waals surface area contributed by atoms with E-state index in [1.54, 1.807) is 32.5 Å². The number of aromatic nitrogens is 1. The molecule has 0 bridgehead atoms. The van der Waals surface area contributed by atoms with Crippen molar-refractivity contribution in [3.05, 3.63) is 40.3 Å². The molecule has 2 aromatic rings. The molecule has 0 spiro atoms. The first-order chi connectivity index (χ1) is 14.2. The number of thiazole rings is 1. The molecule has 3 rings (SSSR count). The summed E-state index contributed by atoms with van der Waals surface area (Å²) in [5.74, 6) is 0.786. The summed E-state index contributed by atoms with van der Waals surface area (Å²) in [6.45, 7) is 6.51. The smallest absolute Gasteiger partial charge is 0.487 e. The lowest BCUT2D eigenvalue weighted by Gasteiger charge is -2.35. The molecule has 164 valence electrons. The summed E-state index contributed by atoms with van der Waals surface area (Å²) in [6.07, 6.45) is 2.14. The maximum Gasteiger partial charge on any atom is 0.528 e. The molecule has 1 aliphatic heterocycles. The number of carbonyl (C=O) groups is 1. The molecule has 7 nitrogen and oxygen atoms in total. The zero-order valence-corrected chi connectivity index (χ0v) is 19.3. The third-order valence-electron chi connectivity index (χ3n) is 4.54. The maximum absolute atomic E-state index is 11.8. The lowest BCUT2D eigenvalue weighted by atomic mass is 9.93. The van der Waals surface area contributed by atoms with E-state index in [1.165, 1.54) is 21.3 Å². The van der Waals surface area contributed by atoms with Gasteiger partial charge in [0.15, 0.2) is 0 Å². The first kappa shape index (κ1) is 22.9. The normalized spacial score (nSPS) is 16.8. The fraction of sp³-hybridized carbons (Fsp3) is 0.524. The van der Waals surface area contributed by atoms with Crippen molar-refractivity contribution in [2.75, 3.05) is 19.3 Å². The molecule has 0 amide bonds. The van der Waals surface area contributed by atoms with Crippen LogP contribution in [-0.4, -0.2) is 46.3 Å². The van der Waals surface area contributed by atoms with E-state index in [-0.39, 0.29) is 0 Å². The number of ether oxygens (including phenoxy) is 2. The Labute approximate surface area is 185 Å². The molecule has 2 heterocycles. The Morgan fingerprint density at radius 2 is 1.93 bits per heavy atom. The SMILES string of the molecule is CSc1ccc(OCc2csc(C3(O)CCN(OC(=O)OC(C)(C)C)CC3)n2)cc1. The standard InChI is InChI=1S/C21H28N2O5S2/c1-20(2,3)27-19(24)28-23-11-9-21(25,10-12-23)18-22-15(14-30-18)13-26-16-5-7-17(29-4)8-6-16/h5-8,14,25H,9-13H2,1-4H3. The van der Waals surface area contributed by atoms with Crippen LogP contribution in [0.25, 0.3) is 0 Å². The highest BCUT2D eigenvalue weighted by atomic mass is 32.2. The lowest BCUT2D eigenvalue weighted by Crippen LogP contribution is -2.44. The number of hydrogen-bond acceptors (Lipinski definition) is 9. The number of benzene rings is 1. The van der Waals surface area contributed by atoms with E-state index >= 15 is 0 Å². The second-order valence-electron chi connectivity index (χ2n) is 8.12. The van der Waals surface area contributed by atoms with Crippen LogP contribution >= 0.6 is 23.1 Å². The van der Waals surface area contributed by atoms with Crippen LogP contribution in [-0.2, 0) is 21.8 Å². The van der Waals surface area contributed by atoms with Gasteiger partial charge in [0.1, 0.15) is 28.6 Å². The van der Waals surface area contributed by atoms with Crippen molar-refractivity contribution in [2.45, 2.75) is 56.3 Å². The van der Waals surface area contributed by atoms with Crippen molar-refractivity contribution in [1.29, 1.82) is 0 Å². The number of piperidine rings is 1. The number of hydroxylamine groups is 2. The van der Waals surface area contributed by atoms with Gasteiger partial charge in [0, 0.05) is 23.4 Å². The number of thioether (sulfide) groups is 1. The van der Waals surface area contributed by atoms with Crippen molar-refractivity contribution >= 4 is 29.3 Å². The first-order valence-electron chi connectivity index (χ1n) is 9.77. The average Bonchev–Trinajstić information content (AvgIpc) is 3.17. The zero-order valence-electron chi connectivity index (χ0n) is 17.7. The molecule has 0 radical (unpaired) electrons. The number of rotatable bonds is 6. The predicted octanol–water partition coefficient (Wildman–Crippen LogP) is 4.59.